The molecule has 2 fully saturated rings. The lowest BCUT2D eigenvalue weighted by Crippen LogP contribution is -2.58. The molecule has 71 heavy (non-hydrogen) atoms. The maximum Gasteiger partial charge on any atom is 0.469 e. The average Bonchev–Trinajstić information content (AvgIpc) is 3.84. The van der Waals surface area contributed by atoms with Crippen molar-refractivity contribution < 1.29 is 72.6 Å². The standard InChI is InChI=1S/C51H83N4O15P/c1-29(21-22-52)17-15-18-30(2)31(3)23-32(4)43(58)36(8)39(56)25-42(66-14)46-47(70-71(62,63)64)50(9,10)51(69-46)26-40(57)35(7)41(68-51)20-16-19-37-27-67-49(54-37)33(5)24-34(6)53-48(61)45(60)44(59)38(28-65-13)55(11)12/h15-19,21,23,27,32-36,38-47,56-60H,20,24-26,28H2,1-14H3,(H,53,61)(H2,62,63,64)/b17-15+,19-16+,29-21-,30-18-,31-23+/t32-,33+,34-,35+,36+,38+,39+,40-,41+,42+,43-,44+,45+,46-,47+,51+/m0/s1. The van der Waals surface area contributed by atoms with Crippen LogP contribution in [0.5, 0.6) is 0 Å². The van der Waals surface area contributed by atoms with E-state index in [1.54, 1.807) is 52.8 Å². The van der Waals surface area contributed by atoms with Crippen molar-refractivity contribution in [3.8, 4) is 6.07 Å². The molecule has 0 aliphatic carbocycles. The third kappa shape index (κ3) is 16.8. The second-order valence-corrected chi connectivity index (χ2v) is 21.6. The number of nitriles is 1. The Labute approximate surface area is 420 Å². The van der Waals surface area contributed by atoms with E-state index >= 15 is 0 Å². The number of methoxy groups -OCH3 is 2. The number of nitrogens with zero attached hydrogens (tertiary/aromatic N) is 3. The van der Waals surface area contributed by atoms with E-state index in [2.05, 4.69) is 10.3 Å². The number of rotatable bonds is 26. The Morgan fingerprint density at radius 1 is 1.06 bits per heavy atom. The zero-order valence-electron chi connectivity index (χ0n) is 44.0. The van der Waals surface area contributed by atoms with Gasteiger partial charge in [0, 0.05) is 68.3 Å². The molecule has 1 aromatic heterocycles. The van der Waals surface area contributed by atoms with Crippen molar-refractivity contribution in [2.45, 2.75) is 174 Å². The summed E-state index contributed by atoms with van der Waals surface area (Å²) in [6, 6.07) is 0.980. The molecule has 8 N–H and O–H groups in total. The quantitative estimate of drug-likeness (QED) is 0.0341. The van der Waals surface area contributed by atoms with Crippen molar-refractivity contribution in [3.63, 3.8) is 0 Å². The fraction of sp³-hybridized carbons (Fsp3) is 0.706. The molecular formula is C51H83N4O15P. The number of amides is 1. The number of phosphoric acid groups is 1. The number of phosphoric ester groups is 1. The van der Waals surface area contributed by atoms with Crippen LogP contribution >= 0.6 is 7.82 Å². The molecule has 20 heteroatoms. The van der Waals surface area contributed by atoms with Crippen LogP contribution in [0.4, 0.5) is 0 Å². The Bertz CT molecular complexity index is 2110. The molecule has 0 saturated carbocycles. The molecule has 402 valence electrons. The van der Waals surface area contributed by atoms with Gasteiger partial charge < -0.3 is 68.9 Å². The number of aromatic nitrogens is 1. The lowest BCUT2D eigenvalue weighted by Gasteiger charge is -2.50. The van der Waals surface area contributed by atoms with E-state index in [-0.39, 0.29) is 37.7 Å². The monoisotopic (exact) mass is 1020 g/mol. The van der Waals surface area contributed by atoms with Crippen LogP contribution in [0.3, 0.4) is 0 Å². The Morgan fingerprint density at radius 2 is 1.72 bits per heavy atom. The number of hydrogen-bond donors (Lipinski definition) is 8. The van der Waals surface area contributed by atoms with Crippen molar-refractivity contribution in [3.05, 3.63) is 71.0 Å². The maximum atomic E-state index is 12.8. The minimum absolute atomic E-state index is 0.0661. The van der Waals surface area contributed by atoms with Gasteiger partial charge in [-0.2, -0.15) is 5.26 Å². The van der Waals surface area contributed by atoms with Gasteiger partial charge in [0.25, 0.3) is 5.91 Å². The van der Waals surface area contributed by atoms with Crippen LogP contribution in [0.1, 0.15) is 112 Å². The lowest BCUT2D eigenvalue weighted by molar-refractivity contribution is -0.334. The first kappa shape index (κ1) is 61.9. The zero-order chi connectivity index (χ0) is 53.8. The third-order valence-electron chi connectivity index (χ3n) is 14.2. The minimum atomic E-state index is -5.16. The van der Waals surface area contributed by atoms with Crippen LogP contribution in [-0.4, -0.2) is 159 Å². The van der Waals surface area contributed by atoms with E-state index in [1.165, 1.54) is 26.6 Å². The zero-order valence-corrected chi connectivity index (χ0v) is 44.9. The number of ether oxygens (including phenoxy) is 4. The first-order chi connectivity index (χ1) is 33.0. The molecule has 3 heterocycles. The molecule has 1 aromatic rings. The van der Waals surface area contributed by atoms with Gasteiger partial charge in [0.15, 0.2) is 17.8 Å². The number of hydrogen-bond acceptors (Lipinski definition) is 16. The van der Waals surface area contributed by atoms with Crippen molar-refractivity contribution in [2.75, 3.05) is 34.9 Å². The summed E-state index contributed by atoms with van der Waals surface area (Å²) in [7, 11) is 1.13. The first-order valence-electron chi connectivity index (χ1n) is 24.2. The molecular weight excluding hydrogens is 940 g/mol. The first-order valence-corrected chi connectivity index (χ1v) is 25.8. The predicted molar refractivity (Wildman–Crippen MR) is 267 cm³/mol. The number of likely N-dealkylation sites (N-methyl/N-ethyl adjacent to an activating group) is 1. The van der Waals surface area contributed by atoms with E-state index < -0.39 is 104 Å². The SMILES string of the molecule is COC[C@H]([C@@H](O)[C@@H](O)C(=O)N[C@@H](C)C[C@@H](C)c1nc(/C=C/C[C@H]2O[C@]3(C[C@H](O)[C@H]2C)O[C@@H]([C@@H](C[C@@H](O)[C@@H](C)[C@@H](O)[C@@H](C)/C=C(C)/C(C)=C\C=C\C(C)=C/C#N)OC)[C@@H](OP(=O)(O)O)C3(C)C)co1)N(C)C. The predicted octanol–water partition coefficient (Wildman–Crippen LogP) is 5.08. The van der Waals surface area contributed by atoms with Gasteiger partial charge in [0.2, 0.25) is 0 Å². The number of nitrogens with one attached hydrogen (secondary N) is 1. The van der Waals surface area contributed by atoms with Crippen LogP contribution in [0.2, 0.25) is 0 Å². The number of oxazole rings is 1. The van der Waals surface area contributed by atoms with E-state index in [4.69, 9.17) is 33.2 Å². The van der Waals surface area contributed by atoms with E-state index in [0.29, 0.717) is 18.0 Å². The molecule has 19 nitrogen and oxygen atoms in total. The molecule has 0 radical (unpaired) electrons. The van der Waals surface area contributed by atoms with Crippen molar-refractivity contribution >= 4 is 19.8 Å². The summed E-state index contributed by atoms with van der Waals surface area (Å²) in [6.07, 6.45) is 4.05. The highest BCUT2D eigenvalue weighted by Crippen LogP contribution is 2.59. The highest BCUT2D eigenvalue weighted by Gasteiger charge is 2.68. The molecule has 0 unspecified atom stereocenters. The van der Waals surface area contributed by atoms with Crippen LogP contribution in [0.15, 0.2) is 63.9 Å². The summed E-state index contributed by atoms with van der Waals surface area (Å²) in [5.41, 5.74) is 1.87. The van der Waals surface area contributed by atoms with Crippen LogP contribution < -0.4 is 5.32 Å². The highest BCUT2D eigenvalue weighted by atomic mass is 31.2. The summed E-state index contributed by atoms with van der Waals surface area (Å²) in [5, 5.41) is 67.4. The molecule has 2 aliphatic heterocycles. The van der Waals surface area contributed by atoms with E-state index in [9.17, 15) is 44.7 Å². The van der Waals surface area contributed by atoms with Crippen LogP contribution in [-0.2, 0) is 32.8 Å². The number of aliphatic hydroxyl groups excluding tert-OH is 5. The van der Waals surface area contributed by atoms with Gasteiger partial charge >= 0.3 is 7.82 Å². The van der Waals surface area contributed by atoms with Gasteiger partial charge in [0.05, 0.1) is 49.2 Å². The van der Waals surface area contributed by atoms with Crippen LogP contribution in [0.25, 0.3) is 6.08 Å². The number of carbonyl (C=O) groups is 1. The second kappa shape index (κ2) is 27.2. The Balaban J connectivity index is 1.76. The summed E-state index contributed by atoms with van der Waals surface area (Å²) < 4.78 is 48.3. The fourth-order valence-electron chi connectivity index (χ4n) is 9.34. The van der Waals surface area contributed by atoms with Gasteiger partial charge in [-0.1, -0.05) is 77.5 Å². The molecule has 2 aliphatic rings. The third-order valence-corrected chi connectivity index (χ3v) is 14.7. The summed E-state index contributed by atoms with van der Waals surface area (Å²) in [5.74, 6) is -3.67. The van der Waals surface area contributed by atoms with Crippen molar-refractivity contribution in [1.29, 1.82) is 5.26 Å². The van der Waals surface area contributed by atoms with Gasteiger partial charge in [-0.15, -0.1) is 0 Å². The Morgan fingerprint density at radius 3 is 2.31 bits per heavy atom. The molecule has 1 spiro atoms. The van der Waals surface area contributed by atoms with Gasteiger partial charge in [-0.25, -0.2) is 9.55 Å². The van der Waals surface area contributed by atoms with Gasteiger partial charge in [-0.05, 0) is 71.9 Å². The molecule has 1 amide bonds. The summed E-state index contributed by atoms with van der Waals surface area (Å²) in [6.45, 7) is 18.2. The van der Waals surface area contributed by atoms with E-state index in [1.807, 2.05) is 78.0 Å². The van der Waals surface area contributed by atoms with Crippen molar-refractivity contribution in [2.24, 2.45) is 23.2 Å². The van der Waals surface area contributed by atoms with Crippen molar-refractivity contribution in [1.82, 2.24) is 15.2 Å². The molecule has 16 atom stereocenters. The fourth-order valence-corrected chi connectivity index (χ4v) is 10.0. The highest BCUT2D eigenvalue weighted by molar-refractivity contribution is 7.46. The summed E-state index contributed by atoms with van der Waals surface area (Å²) >= 11 is 0. The van der Waals surface area contributed by atoms with Crippen LogP contribution in [0, 0.1) is 34.5 Å². The normalized spacial score (nSPS) is 27.8. The number of aliphatic hydroxyl groups is 5. The minimum Gasteiger partial charge on any atom is -0.448 e. The summed E-state index contributed by atoms with van der Waals surface area (Å²) in [4.78, 5) is 39.5. The maximum absolute atomic E-state index is 12.8. The Kier molecular flexibility index (Phi) is 23.7. The molecule has 0 aromatic carbocycles. The molecule has 3 rings (SSSR count). The second-order valence-electron chi connectivity index (χ2n) is 20.4. The average molecular weight is 1020 g/mol. The van der Waals surface area contributed by atoms with E-state index in [0.717, 1.165) is 16.7 Å². The number of allylic oxidation sites excluding steroid dienone is 7. The molecule has 2 saturated heterocycles. The Hall–Kier alpha value is -3.42. The van der Waals surface area contributed by atoms with Gasteiger partial charge in [-0.3, -0.25) is 9.32 Å². The lowest BCUT2D eigenvalue weighted by atomic mass is 9.72. The topological polar surface area (TPSA) is 287 Å². The largest absolute Gasteiger partial charge is 0.469 e. The van der Waals surface area contributed by atoms with Gasteiger partial charge in [0.1, 0.15) is 30.3 Å². The smallest absolute Gasteiger partial charge is 0.448 e. The molecule has 0 bridgehead atoms. The number of carbonyl (C=O) groups excluding carboxylic acids is 1.